The van der Waals surface area contributed by atoms with Crippen molar-refractivity contribution < 1.29 is 4.39 Å². The van der Waals surface area contributed by atoms with Crippen LogP contribution in [0.15, 0.2) is 54.7 Å². The standard InChI is InChI=1S/C16H9FN2/c17-12-6-7-16-13(8-12)14(9-18)15(10-19-16)11-4-2-1-3-5-11/h1-8,10H. The van der Waals surface area contributed by atoms with Gasteiger partial charge in [0.05, 0.1) is 11.1 Å². The van der Waals surface area contributed by atoms with Crippen molar-refractivity contribution in [2.75, 3.05) is 0 Å². The number of pyridine rings is 1. The van der Waals surface area contributed by atoms with Crippen molar-refractivity contribution in [3.8, 4) is 17.2 Å². The summed E-state index contributed by atoms with van der Waals surface area (Å²) >= 11 is 0. The first-order valence-corrected chi connectivity index (χ1v) is 5.83. The quantitative estimate of drug-likeness (QED) is 0.654. The Labute approximate surface area is 109 Å². The van der Waals surface area contributed by atoms with Crippen LogP contribution < -0.4 is 0 Å². The van der Waals surface area contributed by atoms with Gasteiger partial charge in [-0.15, -0.1) is 0 Å². The van der Waals surface area contributed by atoms with Crippen LogP contribution in [0.5, 0.6) is 0 Å². The molecule has 1 aromatic heterocycles. The van der Waals surface area contributed by atoms with Crippen molar-refractivity contribution in [1.82, 2.24) is 4.98 Å². The summed E-state index contributed by atoms with van der Waals surface area (Å²) in [5, 5.41) is 9.91. The lowest BCUT2D eigenvalue weighted by Crippen LogP contribution is -1.90. The average Bonchev–Trinajstić information content (AvgIpc) is 2.46. The minimum atomic E-state index is -0.365. The molecular formula is C16H9FN2. The molecule has 19 heavy (non-hydrogen) atoms. The van der Waals surface area contributed by atoms with Crippen molar-refractivity contribution in [3.63, 3.8) is 0 Å². The lowest BCUT2D eigenvalue weighted by atomic mass is 9.99. The Kier molecular flexibility index (Phi) is 2.70. The van der Waals surface area contributed by atoms with Gasteiger partial charge >= 0.3 is 0 Å². The molecular weight excluding hydrogens is 239 g/mol. The number of hydrogen-bond donors (Lipinski definition) is 0. The SMILES string of the molecule is N#Cc1c(-c2ccccc2)cnc2ccc(F)cc12. The van der Waals surface area contributed by atoms with Crippen molar-refractivity contribution >= 4 is 10.9 Å². The second-order valence-electron chi connectivity index (χ2n) is 4.19. The Bertz CT molecular complexity index is 789. The van der Waals surface area contributed by atoms with Crippen LogP contribution in [0.25, 0.3) is 22.0 Å². The van der Waals surface area contributed by atoms with Gasteiger partial charge in [-0.25, -0.2) is 4.39 Å². The molecule has 1 heterocycles. The second-order valence-corrected chi connectivity index (χ2v) is 4.19. The van der Waals surface area contributed by atoms with E-state index in [2.05, 4.69) is 11.1 Å². The fourth-order valence-corrected chi connectivity index (χ4v) is 2.12. The van der Waals surface area contributed by atoms with Crippen LogP contribution in [0.1, 0.15) is 5.56 Å². The summed E-state index contributed by atoms with van der Waals surface area (Å²) in [6.07, 6.45) is 1.66. The fourth-order valence-electron chi connectivity index (χ4n) is 2.12. The predicted octanol–water partition coefficient (Wildman–Crippen LogP) is 3.91. The van der Waals surface area contributed by atoms with Crippen LogP contribution in [-0.2, 0) is 0 Å². The molecule has 90 valence electrons. The van der Waals surface area contributed by atoms with Crippen LogP contribution in [0.3, 0.4) is 0 Å². The van der Waals surface area contributed by atoms with E-state index in [0.717, 1.165) is 11.1 Å². The first-order valence-electron chi connectivity index (χ1n) is 5.83. The Hall–Kier alpha value is -2.73. The highest BCUT2D eigenvalue weighted by atomic mass is 19.1. The molecule has 0 spiro atoms. The number of benzene rings is 2. The number of nitrogens with zero attached hydrogens (tertiary/aromatic N) is 2. The normalized spacial score (nSPS) is 10.3. The lowest BCUT2D eigenvalue weighted by Gasteiger charge is -2.07. The summed E-state index contributed by atoms with van der Waals surface area (Å²) < 4.78 is 13.3. The highest BCUT2D eigenvalue weighted by Crippen LogP contribution is 2.28. The molecule has 3 heteroatoms. The van der Waals surface area contributed by atoms with Gasteiger partial charge < -0.3 is 0 Å². The first kappa shape index (κ1) is 11.4. The summed E-state index contributed by atoms with van der Waals surface area (Å²) in [5.41, 5.74) is 2.70. The number of fused-ring (bicyclic) bond motifs is 1. The second kappa shape index (κ2) is 4.51. The zero-order chi connectivity index (χ0) is 13.2. The molecule has 0 aliphatic rings. The van der Waals surface area contributed by atoms with Gasteiger partial charge in [0, 0.05) is 17.1 Å². The Balaban J connectivity index is 2.36. The molecule has 0 radical (unpaired) electrons. The minimum absolute atomic E-state index is 0.365. The monoisotopic (exact) mass is 248 g/mol. The van der Waals surface area contributed by atoms with Gasteiger partial charge in [0.15, 0.2) is 0 Å². The van der Waals surface area contributed by atoms with E-state index in [1.54, 1.807) is 12.3 Å². The van der Waals surface area contributed by atoms with Crippen molar-refractivity contribution in [2.24, 2.45) is 0 Å². The number of halogens is 1. The van der Waals surface area contributed by atoms with Gasteiger partial charge in [-0.3, -0.25) is 4.98 Å². The Morgan fingerprint density at radius 1 is 1.05 bits per heavy atom. The highest BCUT2D eigenvalue weighted by molar-refractivity contribution is 5.91. The Morgan fingerprint density at radius 3 is 2.58 bits per heavy atom. The number of nitriles is 1. The third kappa shape index (κ3) is 1.94. The molecule has 0 aliphatic carbocycles. The molecule has 3 aromatic rings. The molecule has 0 amide bonds. The maximum atomic E-state index is 13.3. The largest absolute Gasteiger partial charge is 0.256 e. The molecule has 3 rings (SSSR count). The summed E-state index contributed by atoms with van der Waals surface area (Å²) in [5.74, 6) is -0.365. The van der Waals surface area contributed by atoms with Gasteiger partial charge in [0.1, 0.15) is 11.9 Å². The number of rotatable bonds is 1. The summed E-state index contributed by atoms with van der Waals surface area (Å²) in [6, 6.07) is 15.9. The summed E-state index contributed by atoms with van der Waals surface area (Å²) in [7, 11) is 0. The van der Waals surface area contributed by atoms with Crippen molar-refractivity contribution in [1.29, 1.82) is 5.26 Å². The molecule has 0 N–H and O–H groups in total. The topological polar surface area (TPSA) is 36.7 Å². The number of hydrogen-bond acceptors (Lipinski definition) is 2. The van der Waals surface area contributed by atoms with Crippen LogP contribution in [0.4, 0.5) is 4.39 Å². The molecule has 0 bridgehead atoms. The Morgan fingerprint density at radius 2 is 1.84 bits per heavy atom. The molecule has 0 saturated heterocycles. The van der Waals surface area contributed by atoms with Gasteiger partial charge in [0.25, 0.3) is 0 Å². The van der Waals surface area contributed by atoms with Gasteiger partial charge in [-0.2, -0.15) is 5.26 Å². The molecule has 0 aliphatic heterocycles. The molecule has 0 saturated carbocycles. The fraction of sp³-hybridized carbons (Fsp3) is 0. The van der Waals surface area contributed by atoms with E-state index in [9.17, 15) is 9.65 Å². The zero-order valence-electron chi connectivity index (χ0n) is 9.97. The molecule has 2 aromatic carbocycles. The van der Waals surface area contributed by atoms with Crippen LogP contribution in [0, 0.1) is 17.1 Å². The maximum Gasteiger partial charge on any atom is 0.124 e. The minimum Gasteiger partial charge on any atom is -0.256 e. The van der Waals surface area contributed by atoms with Crippen molar-refractivity contribution in [3.05, 3.63) is 66.1 Å². The van der Waals surface area contributed by atoms with Crippen LogP contribution in [0.2, 0.25) is 0 Å². The first-order chi connectivity index (χ1) is 9.29. The van der Waals surface area contributed by atoms with E-state index in [1.807, 2.05) is 30.3 Å². The average molecular weight is 248 g/mol. The zero-order valence-corrected chi connectivity index (χ0v) is 9.97. The molecule has 2 nitrogen and oxygen atoms in total. The highest BCUT2D eigenvalue weighted by Gasteiger charge is 2.10. The smallest absolute Gasteiger partial charge is 0.124 e. The van der Waals surface area contributed by atoms with Gasteiger partial charge in [-0.1, -0.05) is 30.3 Å². The van der Waals surface area contributed by atoms with E-state index in [1.165, 1.54) is 12.1 Å². The van der Waals surface area contributed by atoms with E-state index >= 15 is 0 Å². The summed E-state index contributed by atoms with van der Waals surface area (Å²) in [4.78, 5) is 4.29. The third-order valence-corrected chi connectivity index (χ3v) is 3.03. The molecule has 0 fully saturated rings. The van der Waals surface area contributed by atoms with E-state index in [0.29, 0.717) is 16.5 Å². The van der Waals surface area contributed by atoms with Crippen molar-refractivity contribution in [2.45, 2.75) is 0 Å². The lowest BCUT2D eigenvalue weighted by molar-refractivity contribution is 0.629. The van der Waals surface area contributed by atoms with E-state index in [-0.39, 0.29) is 5.82 Å². The summed E-state index contributed by atoms with van der Waals surface area (Å²) in [6.45, 7) is 0. The number of aromatic nitrogens is 1. The van der Waals surface area contributed by atoms with E-state index in [4.69, 9.17) is 0 Å². The van der Waals surface area contributed by atoms with Crippen LogP contribution >= 0.6 is 0 Å². The van der Waals surface area contributed by atoms with Gasteiger partial charge in [-0.05, 0) is 23.8 Å². The molecule has 0 unspecified atom stereocenters. The molecule has 0 atom stereocenters. The third-order valence-electron chi connectivity index (χ3n) is 3.03. The van der Waals surface area contributed by atoms with Gasteiger partial charge in [0.2, 0.25) is 0 Å². The van der Waals surface area contributed by atoms with Crippen LogP contribution in [-0.4, -0.2) is 4.98 Å². The predicted molar refractivity (Wildman–Crippen MR) is 71.9 cm³/mol. The maximum absolute atomic E-state index is 13.3. The van der Waals surface area contributed by atoms with E-state index < -0.39 is 0 Å².